The first-order valence-electron chi connectivity index (χ1n) is 5.81. The summed E-state index contributed by atoms with van der Waals surface area (Å²) in [5.41, 5.74) is -1.03. The third-order valence-corrected chi connectivity index (χ3v) is 2.09. The summed E-state index contributed by atoms with van der Waals surface area (Å²) in [6.45, 7) is 12.8. The molecular formula is C12H25NO3. The molecule has 4 heteroatoms. The number of ether oxygens (including phenoxy) is 2. The van der Waals surface area contributed by atoms with E-state index in [4.69, 9.17) is 9.47 Å². The van der Waals surface area contributed by atoms with Gasteiger partial charge in [0, 0.05) is 0 Å². The summed E-state index contributed by atoms with van der Waals surface area (Å²) in [4.78, 5) is 11.8. The Morgan fingerprint density at radius 3 is 2.12 bits per heavy atom. The Morgan fingerprint density at radius 2 is 1.75 bits per heavy atom. The van der Waals surface area contributed by atoms with Crippen molar-refractivity contribution in [1.82, 2.24) is 5.32 Å². The van der Waals surface area contributed by atoms with Gasteiger partial charge < -0.3 is 14.8 Å². The molecule has 1 atom stereocenters. The average Bonchev–Trinajstić information content (AvgIpc) is 2.15. The Labute approximate surface area is 98.7 Å². The number of rotatable bonds is 6. The Morgan fingerprint density at radius 1 is 1.19 bits per heavy atom. The Bertz CT molecular complexity index is 223. The van der Waals surface area contributed by atoms with Gasteiger partial charge >= 0.3 is 5.97 Å². The second-order valence-corrected chi connectivity index (χ2v) is 4.98. The maximum absolute atomic E-state index is 11.8. The van der Waals surface area contributed by atoms with Gasteiger partial charge in [0.2, 0.25) is 0 Å². The molecule has 0 aromatic rings. The summed E-state index contributed by atoms with van der Waals surface area (Å²) >= 11 is 0. The molecule has 0 bridgehead atoms. The van der Waals surface area contributed by atoms with Crippen LogP contribution in [0.2, 0.25) is 0 Å². The van der Waals surface area contributed by atoms with Crippen LogP contribution in [0.4, 0.5) is 0 Å². The molecule has 0 saturated heterocycles. The highest BCUT2D eigenvalue weighted by atomic mass is 16.5. The van der Waals surface area contributed by atoms with E-state index in [-0.39, 0.29) is 11.6 Å². The summed E-state index contributed by atoms with van der Waals surface area (Å²) in [6.07, 6.45) is 0. The van der Waals surface area contributed by atoms with Gasteiger partial charge in [0.1, 0.15) is 5.54 Å². The normalized spacial score (nSPS) is 15.6. The fourth-order valence-corrected chi connectivity index (χ4v) is 1.22. The van der Waals surface area contributed by atoms with Crippen molar-refractivity contribution in [2.45, 2.75) is 52.7 Å². The lowest BCUT2D eigenvalue weighted by molar-refractivity contribution is -0.155. The van der Waals surface area contributed by atoms with Crippen LogP contribution in [0.25, 0.3) is 0 Å². The Hall–Kier alpha value is -0.610. The van der Waals surface area contributed by atoms with Crippen LogP contribution in [0, 0.1) is 0 Å². The number of esters is 1. The minimum absolute atomic E-state index is 0.261. The third-order valence-electron chi connectivity index (χ3n) is 2.09. The first kappa shape index (κ1) is 15.4. The van der Waals surface area contributed by atoms with Crippen molar-refractivity contribution < 1.29 is 14.3 Å². The lowest BCUT2D eigenvalue weighted by atomic mass is 10.0. The smallest absolute Gasteiger partial charge is 0.328 e. The SMILES string of the molecule is CCNC(C)(COC(C)(C)C)C(=O)OCC. The summed E-state index contributed by atoms with van der Waals surface area (Å²) in [7, 11) is 0. The molecule has 1 N–H and O–H groups in total. The van der Waals surface area contributed by atoms with E-state index in [1.165, 1.54) is 0 Å². The van der Waals surface area contributed by atoms with Gasteiger partial charge in [-0.2, -0.15) is 0 Å². The molecule has 0 fully saturated rings. The van der Waals surface area contributed by atoms with Gasteiger partial charge in [0.15, 0.2) is 0 Å². The fourth-order valence-electron chi connectivity index (χ4n) is 1.22. The molecule has 0 radical (unpaired) electrons. The molecular weight excluding hydrogens is 206 g/mol. The number of hydrogen-bond donors (Lipinski definition) is 1. The molecule has 4 nitrogen and oxygen atoms in total. The predicted octanol–water partition coefficient (Wildman–Crippen LogP) is 1.73. The first-order chi connectivity index (χ1) is 7.25. The highest BCUT2D eigenvalue weighted by molar-refractivity contribution is 5.80. The van der Waals surface area contributed by atoms with E-state index in [9.17, 15) is 4.79 Å². The van der Waals surface area contributed by atoms with Gasteiger partial charge in [-0.05, 0) is 41.2 Å². The highest BCUT2D eigenvalue weighted by Gasteiger charge is 2.35. The van der Waals surface area contributed by atoms with Gasteiger partial charge in [-0.1, -0.05) is 6.92 Å². The van der Waals surface area contributed by atoms with E-state index in [0.29, 0.717) is 19.8 Å². The molecule has 96 valence electrons. The molecule has 0 saturated carbocycles. The molecule has 0 aliphatic heterocycles. The molecule has 0 rings (SSSR count). The van der Waals surface area contributed by atoms with E-state index in [2.05, 4.69) is 5.32 Å². The zero-order valence-corrected chi connectivity index (χ0v) is 11.3. The quantitative estimate of drug-likeness (QED) is 0.707. The number of nitrogens with one attached hydrogen (secondary N) is 1. The number of carbonyl (C=O) groups is 1. The Kier molecular flexibility index (Phi) is 5.97. The van der Waals surface area contributed by atoms with Crippen molar-refractivity contribution in [1.29, 1.82) is 0 Å². The van der Waals surface area contributed by atoms with Crippen molar-refractivity contribution in [2.75, 3.05) is 19.8 Å². The lowest BCUT2D eigenvalue weighted by Gasteiger charge is -2.31. The van der Waals surface area contributed by atoms with E-state index in [1.807, 2.05) is 27.7 Å². The maximum atomic E-state index is 11.8. The second kappa shape index (κ2) is 6.21. The van der Waals surface area contributed by atoms with Crippen molar-refractivity contribution >= 4 is 5.97 Å². The van der Waals surface area contributed by atoms with Crippen LogP contribution in [0.15, 0.2) is 0 Å². The molecule has 16 heavy (non-hydrogen) atoms. The van der Waals surface area contributed by atoms with Gasteiger partial charge in [-0.3, -0.25) is 0 Å². The number of carbonyl (C=O) groups excluding carboxylic acids is 1. The summed E-state index contributed by atoms with van der Waals surface area (Å²) < 4.78 is 10.7. The van der Waals surface area contributed by atoms with Crippen LogP contribution in [-0.4, -0.2) is 36.9 Å². The largest absolute Gasteiger partial charge is 0.465 e. The number of likely N-dealkylation sites (N-methyl/N-ethyl adjacent to an activating group) is 1. The summed E-state index contributed by atoms with van der Waals surface area (Å²) in [5.74, 6) is -0.263. The molecule has 0 aliphatic rings. The molecule has 0 amide bonds. The predicted molar refractivity (Wildman–Crippen MR) is 64.4 cm³/mol. The lowest BCUT2D eigenvalue weighted by Crippen LogP contribution is -2.55. The van der Waals surface area contributed by atoms with Crippen molar-refractivity contribution in [3.63, 3.8) is 0 Å². The zero-order valence-electron chi connectivity index (χ0n) is 11.3. The van der Waals surface area contributed by atoms with Crippen LogP contribution >= 0.6 is 0 Å². The monoisotopic (exact) mass is 231 g/mol. The van der Waals surface area contributed by atoms with Gasteiger partial charge in [0.25, 0.3) is 0 Å². The van der Waals surface area contributed by atoms with Crippen LogP contribution in [-0.2, 0) is 14.3 Å². The minimum Gasteiger partial charge on any atom is -0.465 e. The summed E-state index contributed by atoms with van der Waals surface area (Å²) in [5, 5.41) is 3.12. The van der Waals surface area contributed by atoms with E-state index in [1.54, 1.807) is 13.8 Å². The average molecular weight is 231 g/mol. The molecule has 0 aliphatic carbocycles. The van der Waals surface area contributed by atoms with Gasteiger partial charge in [-0.25, -0.2) is 4.79 Å². The molecule has 0 heterocycles. The molecule has 0 aromatic heterocycles. The van der Waals surface area contributed by atoms with Crippen molar-refractivity contribution in [3.05, 3.63) is 0 Å². The van der Waals surface area contributed by atoms with Crippen LogP contribution < -0.4 is 5.32 Å². The standard InChI is InChI=1S/C12H25NO3/c1-7-13-12(6,10(14)15-8-2)9-16-11(3,4)5/h13H,7-9H2,1-6H3. The molecule has 0 aromatic carbocycles. The van der Waals surface area contributed by atoms with Crippen molar-refractivity contribution in [2.24, 2.45) is 0 Å². The van der Waals surface area contributed by atoms with Crippen LogP contribution in [0.1, 0.15) is 41.5 Å². The maximum Gasteiger partial charge on any atom is 0.328 e. The van der Waals surface area contributed by atoms with E-state index >= 15 is 0 Å². The molecule has 1 unspecified atom stereocenters. The van der Waals surface area contributed by atoms with Crippen LogP contribution in [0.5, 0.6) is 0 Å². The first-order valence-corrected chi connectivity index (χ1v) is 5.81. The Balaban J connectivity index is 4.50. The van der Waals surface area contributed by atoms with Crippen LogP contribution in [0.3, 0.4) is 0 Å². The topological polar surface area (TPSA) is 47.6 Å². The highest BCUT2D eigenvalue weighted by Crippen LogP contribution is 2.14. The van der Waals surface area contributed by atoms with Crippen molar-refractivity contribution in [3.8, 4) is 0 Å². The number of hydrogen-bond acceptors (Lipinski definition) is 4. The molecule has 0 spiro atoms. The van der Waals surface area contributed by atoms with E-state index in [0.717, 1.165) is 0 Å². The minimum atomic E-state index is -0.766. The van der Waals surface area contributed by atoms with Gasteiger partial charge in [-0.15, -0.1) is 0 Å². The third kappa shape index (κ3) is 5.47. The second-order valence-electron chi connectivity index (χ2n) is 4.98. The summed E-state index contributed by atoms with van der Waals surface area (Å²) in [6, 6.07) is 0. The van der Waals surface area contributed by atoms with Gasteiger partial charge in [0.05, 0.1) is 18.8 Å². The zero-order chi connectivity index (χ0) is 12.8. The fraction of sp³-hybridized carbons (Fsp3) is 0.917. The van der Waals surface area contributed by atoms with E-state index < -0.39 is 5.54 Å².